The van der Waals surface area contributed by atoms with E-state index in [1.165, 1.54) is 96.3 Å². The molecule has 0 fully saturated rings. The van der Waals surface area contributed by atoms with Crippen LogP contribution >= 0.6 is 0 Å². The molecule has 29 heavy (non-hydrogen) atoms. The topological polar surface area (TPSA) is 37.3 Å². The van der Waals surface area contributed by atoms with Crippen LogP contribution in [0.1, 0.15) is 136 Å². The molecule has 0 aromatic rings. The van der Waals surface area contributed by atoms with E-state index in [2.05, 4.69) is 32.9 Å². The number of allylic oxidation sites excluding steroid dienone is 2. The van der Waals surface area contributed by atoms with E-state index in [1.54, 1.807) is 8.87 Å². The minimum atomic E-state index is -0.664. The van der Waals surface area contributed by atoms with Gasteiger partial charge < -0.3 is 5.11 Å². The molecule has 0 rings (SSSR count). The molecule has 172 valence electrons. The molecule has 0 atom stereocenters. The van der Waals surface area contributed by atoms with Crippen LogP contribution in [0.15, 0.2) is 12.2 Å². The number of hydrogen-bond acceptors (Lipinski definition) is 1. The van der Waals surface area contributed by atoms with Crippen molar-refractivity contribution in [2.75, 3.05) is 0 Å². The van der Waals surface area contributed by atoms with Crippen molar-refractivity contribution in [1.82, 2.24) is 0 Å². The molecule has 0 amide bonds. The fourth-order valence-corrected chi connectivity index (χ4v) is 7.23. The standard InChI is InChI=1S/C18H34O2.2C4H9.Sn/c1-2-3-4-5-6-7-8-9-10-11-12-13-14-15-16-17-18(19)20;2*1-3-4-2;/h9-10H,2-8,11-17H2,1H3,(H,19,20);2*1,3-4H2,2H3;. The molecule has 2 radical (unpaired) electrons. The van der Waals surface area contributed by atoms with E-state index in [9.17, 15) is 4.79 Å². The quantitative estimate of drug-likeness (QED) is 0.0940. The van der Waals surface area contributed by atoms with Crippen LogP contribution in [0.3, 0.4) is 0 Å². The molecule has 0 aromatic carbocycles. The average Bonchev–Trinajstić information content (AvgIpc) is 2.71. The molecular weight excluding hydrogens is 463 g/mol. The number of unbranched alkanes of at least 4 members (excludes halogenated alkanes) is 13. The van der Waals surface area contributed by atoms with Gasteiger partial charge in [-0.1, -0.05) is 70.4 Å². The molecule has 2 nitrogen and oxygen atoms in total. The van der Waals surface area contributed by atoms with Gasteiger partial charge in [-0.15, -0.1) is 0 Å². The van der Waals surface area contributed by atoms with Crippen molar-refractivity contribution in [3.63, 3.8) is 0 Å². The minimum absolute atomic E-state index is 0.149. The summed E-state index contributed by atoms with van der Waals surface area (Å²) in [6.07, 6.45) is 27.1. The van der Waals surface area contributed by atoms with E-state index in [0.717, 1.165) is 12.8 Å². The summed E-state index contributed by atoms with van der Waals surface area (Å²) < 4.78 is 3.25. The molecule has 0 aromatic heterocycles. The number of aliphatic carboxylic acids is 1. The third-order valence-electron chi connectivity index (χ3n) is 5.07. The Hall–Kier alpha value is 0.00870. The van der Waals surface area contributed by atoms with Crippen LogP contribution in [0.2, 0.25) is 8.87 Å². The van der Waals surface area contributed by atoms with Gasteiger partial charge in [-0.2, -0.15) is 0 Å². The molecule has 1 N–H and O–H groups in total. The van der Waals surface area contributed by atoms with Crippen molar-refractivity contribution in [2.24, 2.45) is 0 Å². The van der Waals surface area contributed by atoms with Crippen LogP contribution in [-0.2, 0) is 4.79 Å². The van der Waals surface area contributed by atoms with E-state index >= 15 is 0 Å². The van der Waals surface area contributed by atoms with Crippen molar-refractivity contribution in [3.8, 4) is 0 Å². The fraction of sp³-hybridized carbons (Fsp3) is 0.885. The number of carbonyl (C=O) groups is 1. The maximum atomic E-state index is 10.3. The van der Waals surface area contributed by atoms with Gasteiger partial charge in [0.2, 0.25) is 0 Å². The summed E-state index contributed by atoms with van der Waals surface area (Å²) >= 11 is 0.149. The van der Waals surface area contributed by atoms with Crippen molar-refractivity contribution in [3.05, 3.63) is 12.2 Å². The van der Waals surface area contributed by atoms with Crippen LogP contribution < -0.4 is 0 Å². The summed E-state index contributed by atoms with van der Waals surface area (Å²) in [5.41, 5.74) is 0. The molecular formula is C26H52O2Sn. The Bertz CT molecular complexity index is 323. The number of carboxylic acid groups (broad SMARTS) is 1. The van der Waals surface area contributed by atoms with Gasteiger partial charge in [-0.3, -0.25) is 4.79 Å². The summed E-state index contributed by atoms with van der Waals surface area (Å²) in [4.78, 5) is 10.3. The van der Waals surface area contributed by atoms with E-state index in [1.807, 2.05) is 0 Å². The van der Waals surface area contributed by atoms with Crippen molar-refractivity contribution >= 4 is 27.1 Å². The molecule has 3 heteroatoms. The predicted octanol–water partition coefficient (Wildman–Crippen LogP) is 9.24. The monoisotopic (exact) mass is 516 g/mol. The first-order valence-electron chi connectivity index (χ1n) is 12.8. The first-order valence-corrected chi connectivity index (χ1v) is 16.8. The predicted molar refractivity (Wildman–Crippen MR) is 132 cm³/mol. The van der Waals surface area contributed by atoms with E-state index in [0.29, 0.717) is 6.42 Å². The second-order valence-electron chi connectivity index (χ2n) is 8.19. The molecule has 0 unspecified atom stereocenters. The maximum absolute atomic E-state index is 10.3. The summed E-state index contributed by atoms with van der Waals surface area (Å²) in [7, 11) is 0. The zero-order chi connectivity index (χ0) is 21.8. The first-order chi connectivity index (χ1) is 14.2. The number of carboxylic acids is 1. The van der Waals surface area contributed by atoms with Gasteiger partial charge in [0, 0.05) is 6.42 Å². The zero-order valence-corrected chi connectivity index (χ0v) is 23.0. The van der Waals surface area contributed by atoms with Crippen LogP contribution in [-0.4, -0.2) is 32.2 Å². The van der Waals surface area contributed by atoms with Gasteiger partial charge in [0.05, 0.1) is 0 Å². The van der Waals surface area contributed by atoms with E-state index < -0.39 is 5.97 Å². The van der Waals surface area contributed by atoms with Crippen LogP contribution in [0.5, 0.6) is 0 Å². The Morgan fingerprint density at radius 2 is 1.03 bits per heavy atom. The van der Waals surface area contributed by atoms with Crippen LogP contribution in [0.4, 0.5) is 0 Å². The van der Waals surface area contributed by atoms with Gasteiger partial charge in [-0.05, 0) is 32.1 Å². The molecule has 0 aliphatic rings. The zero-order valence-electron chi connectivity index (χ0n) is 20.2. The fourth-order valence-electron chi connectivity index (χ4n) is 3.08. The molecule has 0 spiro atoms. The van der Waals surface area contributed by atoms with Gasteiger partial charge in [-0.25, -0.2) is 0 Å². The van der Waals surface area contributed by atoms with Crippen LogP contribution in [0, 0.1) is 0 Å². The summed E-state index contributed by atoms with van der Waals surface area (Å²) in [5.74, 6) is -0.664. The summed E-state index contributed by atoms with van der Waals surface area (Å²) in [6.45, 7) is 6.84. The second kappa shape index (κ2) is 30.2. The number of hydrogen-bond donors (Lipinski definition) is 1. The SMILES string of the molecule is CCCCCCCCC=CCCCCCCCC(=O)O.CCC[CH2][Sn][CH2]CCC. The van der Waals surface area contributed by atoms with Crippen molar-refractivity contribution in [1.29, 1.82) is 0 Å². The Labute approximate surface area is 193 Å². The van der Waals surface area contributed by atoms with Crippen molar-refractivity contribution < 1.29 is 9.90 Å². The van der Waals surface area contributed by atoms with Gasteiger partial charge in [0.15, 0.2) is 0 Å². The van der Waals surface area contributed by atoms with Gasteiger partial charge in [0.25, 0.3) is 0 Å². The van der Waals surface area contributed by atoms with E-state index in [-0.39, 0.29) is 21.1 Å². The summed E-state index contributed by atoms with van der Waals surface area (Å²) in [6, 6.07) is 0. The molecule has 0 aliphatic carbocycles. The van der Waals surface area contributed by atoms with Crippen LogP contribution in [0.25, 0.3) is 0 Å². The van der Waals surface area contributed by atoms with E-state index in [4.69, 9.17) is 5.11 Å². The molecule has 0 saturated carbocycles. The van der Waals surface area contributed by atoms with Crippen molar-refractivity contribution in [2.45, 2.75) is 145 Å². The molecule has 0 saturated heterocycles. The second-order valence-corrected chi connectivity index (χ2v) is 12.5. The Morgan fingerprint density at radius 1 is 0.621 bits per heavy atom. The third-order valence-corrected chi connectivity index (χ3v) is 9.10. The molecule has 0 aliphatic heterocycles. The Balaban J connectivity index is 0. The van der Waals surface area contributed by atoms with Gasteiger partial charge >= 0.3 is 75.5 Å². The third kappa shape index (κ3) is 35.8. The Kier molecular flexibility index (Phi) is 32.5. The normalized spacial score (nSPS) is 10.9. The van der Waals surface area contributed by atoms with Gasteiger partial charge in [0.1, 0.15) is 0 Å². The molecule has 0 heterocycles. The first kappa shape index (κ1) is 31.2. The average molecular weight is 515 g/mol. The number of rotatable bonds is 21. The summed E-state index contributed by atoms with van der Waals surface area (Å²) in [5, 5.41) is 8.51. The Morgan fingerprint density at radius 3 is 1.48 bits per heavy atom. The molecule has 0 bridgehead atoms.